The molecule has 0 spiro atoms. The number of hydrogen-bond acceptors (Lipinski definition) is 4. The summed E-state index contributed by atoms with van der Waals surface area (Å²) in [5.74, 6) is 0. The third-order valence-electron chi connectivity index (χ3n) is 2.32. The number of non-ortho nitro benzene ring substituents is 1. The highest BCUT2D eigenvalue weighted by atomic mass is 35.5. The molecule has 0 saturated carbocycles. The predicted octanol–water partition coefficient (Wildman–Crippen LogP) is 3.19. The molecule has 0 radical (unpaired) electrons. The summed E-state index contributed by atoms with van der Waals surface area (Å²) in [5, 5.41) is 11.1. The SMILES string of the molecule is CCOCC(C)OCc1cc([N+](=O)[O-])ccc1Cl. The maximum Gasteiger partial charge on any atom is 0.269 e. The van der Waals surface area contributed by atoms with Crippen LogP contribution in [0, 0.1) is 10.1 Å². The highest BCUT2D eigenvalue weighted by Crippen LogP contribution is 2.23. The van der Waals surface area contributed by atoms with Gasteiger partial charge in [-0.3, -0.25) is 10.1 Å². The molecule has 0 aliphatic carbocycles. The van der Waals surface area contributed by atoms with Crippen molar-refractivity contribution in [2.75, 3.05) is 13.2 Å². The third kappa shape index (κ3) is 4.60. The van der Waals surface area contributed by atoms with Gasteiger partial charge in [0.25, 0.3) is 5.69 Å². The number of nitro benzene ring substituents is 1. The highest BCUT2D eigenvalue weighted by molar-refractivity contribution is 6.31. The summed E-state index contributed by atoms with van der Waals surface area (Å²) in [5.41, 5.74) is 0.615. The van der Waals surface area contributed by atoms with E-state index in [2.05, 4.69) is 0 Å². The van der Waals surface area contributed by atoms with Crippen LogP contribution in [0.3, 0.4) is 0 Å². The van der Waals surface area contributed by atoms with Gasteiger partial charge in [0.05, 0.1) is 24.2 Å². The molecular weight excluding hydrogens is 258 g/mol. The van der Waals surface area contributed by atoms with Crippen molar-refractivity contribution < 1.29 is 14.4 Å². The Labute approximate surface area is 111 Å². The van der Waals surface area contributed by atoms with Gasteiger partial charge in [0.2, 0.25) is 0 Å². The van der Waals surface area contributed by atoms with E-state index in [0.29, 0.717) is 23.8 Å². The Bertz CT molecular complexity index is 411. The Hall–Kier alpha value is -1.17. The second-order valence-corrected chi connectivity index (χ2v) is 4.22. The first kappa shape index (κ1) is 14.9. The topological polar surface area (TPSA) is 61.6 Å². The van der Waals surface area contributed by atoms with Crippen molar-refractivity contribution in [1.82, 2.24) is 0 Å². The van der Waals surface area contributed by atoms with Gasteiger partial charge < -0.3 is 9.47 Å². The summed E-state index contributed by atoms with van der Waals surface area (Å²) < 4.78 is 10.7. The van der Waals surface area contributed by atoms with Crippen molar-refractivity contribution in [2.24, 2.45) is 0 Å². The fourth-order valence-electron chi connectivity index (χ4n) is 1.35. The minimum absolute atomic E-state index is 0.00969. The molecule has 18 heavy (non-hydrogen) atoms. The maximum absolute atomic E-state index is 10.6. The summed E-state index contributed by atoms with van der Waals surface area (Å²) in [7, 11) is 0. The zero-order valence-electron chi connectivity index (χ0n) is 10.4. The number of nitrogens with zero attached hydrogens (tertiary/aromatic N) is 1. The third-order valence-corrected chi connectivity index (χ3v) is 2.69. The van der Waals surface area contributed by atoms with Crippen molar-refractivity contribution in [3.8, 4) is 0 Å². The van der Waals surface area contributed by atoms with Crippen LogP contribution >= 0.6 is 11.6 Å². The molecule has 0 aliphatic heterocycles. The lowest BCUT2D eigenvalue weighted by molar-refractivity contribution is -0.385. The molecule has 1 rings (SSSR count). The predicted molar refractivity (Wildman–Crippen MR) is 68.9 cm³/mol. The molecule has 0 fully saturated rings. The van der Waals surface area contributed by atoms with E-state index in [1.54, 1.807) is 0 Å². The molecular formula is C12H16ClNO4. The average Bonchev–Trinajstić information content (AvgIpc) is 2.35. The number of rotatable bonds is 7. The van der Waals surface area contributed by atoms with E-state index >= 15 is 0 Å². The molecule has 1 unspecified atom stereocenters. The van der Waals surface area contributed by atoms with Gasteiger partial charge in [-0.1, -0.05) is 11.6 Å². The van der Waals surface area contributed by atoms with Crippen LogP contribution in [0.15, 0.2) is 18.2 Å². The number of hydrogen-bond donors (Lipinski definition) is 0. The Kier molecular flexibility index (Phi) is 6.04. The molecule has 0 saturated heterocycles. The number of ether oxygens (including phenoxy) is 2. The fourth-order valence-corrected chi connectivity index (χ4v) is 1.52. The quantitative estimate of drug-likeness (QED) is 0.565. The van der Waals surface area contributed by atoms with Crippen molar-refractivity contribution in [2.45, 2.75) is 26.6 Å². The molecule has 0 amide bonds. The number of benzene rings is 1. The molecule has 1 atom stereocenters. The van der Waals surface area contributed by atoms with Crippen LogP contribution in [0.2, 0.25) is 5.02 Å². The molecule has 1 aromatic carbocycles. The van der Waals surface area contributed by atoms with Crippen molar-refractivity contribution in [1.29, 1.82) is 0 Å². The zero-order chi connectivity index (χ0) is 13.5. The molecule has 5 nitrogen and oxygen atoms in total. The Morgan fingerprint density at radius 3 is 2.83 bits per heavy atom. The van der Waals surface area contributed by atoms with E-state index < -0.39 is 4.92 Å². The summed E-state index contributed by atoms with van der Waals surface area (Å²) >= 11 is 5.95. The van der Waals surface area contributed by atoms with Gasteiger partial charge in [0.15, 0.2) is 0 Å². The molecule has 0 aromatic heterocycles. The van der Waals surface area contributed by atoms with E-state index in [0.717, 1.165) is 0 Å². The van der Waals surface area contributed by atoms with E-state index in [9.17, 15) is 10.1 Å². The van der Waals surface area contributed by atoms with E-state index in [4.69, 9.17) is 21.1 Å². The zero-order valence-corrected chi connectivity index (χ0v) is 11.1. The van der Waals surface area contributed by atoms with Gasteiger partial charge >= 0.3 is 0 Å². The van der Waals surface area contributed by atoms with Gasteiger partial charge in [-0.15, -0.1) is 0 Å². The first-order valence-electron chi connectivity index (χ1n) is 5.66. The second-order valence-electron chi connectivity index (χ2n) is 3.81. The van der Waals surface area contributed by atoms with Gasteiger partial charge in [-0.25, -0.2) is 0 Å². The summed E-state index contributed by atoms with van der Waals surface area (Å²) in [6.07, 6.45) is -0.0831. The summed E-state index contributed by atoms with van der Waals surface area (Å²) in [6.45, 7) is 5.13. The second kappa shape index (κ2) is 7.31. The van der Waals surface area contributed by atoms with E-state index in [-0.39, 0.29) is 18.4 Å². The van der Waals surface area contributed by atoms with Crippen LogP contribution in [-0.2, 0) is 16.1 Å². The number of halogens is 1. The minimum atomic E-state index is -0.455. The van der Waals surface area contributed by atoms with Crippen molar-refractivity contribution >= 4 is 17.3 Å². The molecule has 100 valence electrons. The van der Waals surface area contributed by atoms with Gasteiger partial charge in [-0.05, 0) is 19.9 Å². The standard InChI is InChI=1S/C12H16ClNO4/c1-3-17-7-9(2)18-8-10-6-11(14(15)16)4-5-12(10)13/h4-6,9H,3,7-8H2,1-2H3. The monoisotopic (exact) mass is 273 g/mol. The van der Waals surface area contributed by atoms with Crippen molar-refractivity contribution in [3.05, 3.63) is 38.9 Å². The van der Waals surface area contributed by atoms with Crippen LogP contribution in [-0.4, -0.2) is 24.2 Å². The normalized spacial score (nSPS) is 12.4. The van der Waals surface area contributed by atoms with Gasteiger partial charge in [-0.2, -0.15) is 0 Å². The molecule has 0 aliphatic rings. The largest absolute Gasteiger partial charge is 0.379 e. The van der Waals surface area contributed by atoms with Crippen LogP contribution in [0.4, 0.5) is 5.69 Å². The fraction of sp³-hybridized carbons (Fsp3) is 0.500. The molecule has 0 heterocycles. The van der Waals surface area contributed by atoms with E-state index in [1.165, 1.54) is 18.2 Å². The lowest BCUT2D eigenvalue weighted by Gasteiger charge is -2.13. The molecule has 1 aromatic rings. The highest BCUT2D eigenvalue weighted by Gasteiger charge is 2.11. The van der Waals surface area contributed by atoms with Crippen LogP contribution in [0.5, 0.6) is 0 Å². The first-order chi connectivity index (χ1) is 8.54. The lowest BCUT2D eigenvalue weighted by atomic mass is 10.2. The average molecular weight is 274 g/mol. The molecule has 6 heteroatoms. The van der Waals surface area contributed by atoms with Crippen molar-refractivity contribution in [3.63, 3.8) is 0 Å². The Balaban J connectivity index is 2.60. The molecule has 0 bridgehead atoms. The minimum Gasteiger partial charge on any atom is -0.379 e. The van der Waals surface area contributed by atoms with Gasteiger partial charge in [0.1, 0.15) is 0 Å². The van der Waals surface area contributed by atoms with Crippen LogP contribution < -0.4 is 0 Å². The van der Waals surface area contributed by atoms with Crippen LogP contribution in [0.25, 0.3) is 0 Å². The smallest absolute Gasteiger partial charge is 0.269 e. The number of nitro groups is 1. The summed E-state index contributed by atoms with van der Waals surface area (Å²) in [6, 6.07) is 4.30. The Morgan fingerprint density at radius 1 is 1.50 bits per heavy atom. The van der Waals surface area contributed by atoms with Gasteiger partial charge in [0, 0.05) is 29.3 Å². The maximum atomic E-state index is 10.6. The lowest BCUT2D eigenvalue weighted by Crippen LogP contribution is -2.15. The van der Waals surface area contributed by atoms with E-state index in [1.807, 2.05) is 13.8 Å². The first-order valence-corrected chi connectivity index (χ1v) is 6.04. The van der Waals surface area contributed by atoms with Crippen LogP contribution in [0.1, 0.15) is 19.4 Å². The molecule has 0 N–H and O–H groups in total. The summed E-state index contributed by atoms with van der Waals surface area (Å²) in [4.78, 5) is 10.2. The Morgan fingerprint density at radius 2 is 2.22 bits per heavy atom.